The van der Waals surface area contributed by atoms with E-state index in [9.17, 15) is 8.42 Å². The van der Waals surface area contributed by atoms with Gasteiger partial charge in [-0.3, -0.25) is 4.99 Å². The number of nitrogens with zero attached hydrogens (tertiary/aromatic N) is 2. The Morgan fingerprint density at radius 3 is 2.30 bits per heavy atom. The van der Waals surface area contributed by atoms with Gasteiger partial charge in [0.2, 0.25) is 0 Å². The minimum Gasteiger partial charge on any atom is -0.490 e. The maximum Gasteiger partial charge on any atom is 0.193 e. The summed E-state index contributed by atoms with van der Waals surface area (Å²) in [4.78, 5) is 7.02. The molecule has 2 aromatic rings. The van der Waals surface area contributed by atoms with Crippen molar-refractivity contribution >= 4 is 39.8 Å². The smallest absolute Gasteiger partial charge is 0.193 e. The summed E-state index contributed by atoms with van der Waals surface area (Å²) in [5, 5.41) is 3.41. The molecule has 6 nitrogen and oxygen atoms in total. The topological polar surface area (TPSA) is 71.0 Å². The van der Waals surface area contributed by atoms with Crippen molar-refractivity contribution in [3.63, 3.8) is 0 Å². The zero-order valence-electron chi connectivity index (χ0n) is 17.5. The lowest BCUT2D eigenvalue weighted by Crippen LogP contribution is -2.47. The second kappa shape index (κ2) is 11.5. The maximum atomic E-state index is 11.5. The van der Waals surface area contributed by atoms with Crippen LogP contribution >= 0.6 is 24.0 Å². The number of likely N-dealkylation sites (tertiary alicyclic amines) is 1. The number of aliphatic imine (C=N–C) groups is 1. The third-order valence-electron chi connectivity index (χ3n) is 5.05. The van der Waals surface area contributed by atoms with Crippen LogP contribution in [0.3, 0.4) is 0 Å². The largest absolute Gasteiger partial charge is 0.490 e. The molecule has 0 saturated carbocycles. The summed E-state index contributed by atoms with van der Waals surface area (Å²) < 4.78 is 29.1. The Kier molecular flexibility index (Phi) is 9.41. The normalized spacial score (nSPS) is 15.4. The predicted octanol–water partition coefficient (Wildman–Crippen LogP) is 3.37. The molecule has 1 aliphatic heterocycles. The van der Waals surface area contributed by atoms with Crippen LogP contribution in [-0.4, -0.2) is 58.3 Å². The van der Waals surface area contributed by atoms with Crippen LogP contribution < -0.4 is 10.1 Å². The highest BCUT2D eigenvalue weighted by molar-refractivity contribution is 14.0. The van der Waals surface area contributed by atoms with Crippen LogP contribution in [0.2, 0.25) is 0 Å². The van der Waals surface area contributed by atoms with E-state index in [1.165, 1.54) is 6.26 Å². The molecule has 1 saturated heterocycles. The summed E-state index contributed by atoms with van der Waals surface area (Å²) in [5.41, 5.74) is 1.09. The molecule has 0 spiro atoms. The maximum absolute atomic E-state index is 11.5. The van der Waals surface area contributed by atoms with Gasteiger partial charge < -0.3 is 15.0 Å². The molecule has 3 rings (SSSR count). The summed E-state index contributed by atoms with van der Waals surface area (Å²) >= 11 is 0. The van der Waals surface area contributed by atoms with Gasteiger partial charge in [-0.05, 0) is 36.2 Å². The van der Waals surface area contributed by atoms with E-state index in [2.05, 4.69) is 15.2 Å². The van der Waals surface area contributed by atoms with Gasteiger partial charge in [-0.2, -0.15) is 0 Å². The van der Waals surface area contributed by atoms with E-state index in [0.29, 0.717) is 4.90 Å². The number of para-hydroxylation sites is 1. The van der Waals surface area contributed by atoms with Gasteiger partial charge in [0, 0.05) is 45.8 Å². The lowest BCUT2D eigenvalue weighted by molar-refractivity contribution is 0.129. The second-order valence-corrected chi connectivity index (χ2v) is 9.27. The molecule has 2 aromatic carbocycles. The highest BCUT2D eigenvalue weighted by atomic mass is 127. The van der Waals surface area contributed by atoms with Gasteiger partial charge in [-0.15, -0.1) is 24.0 Å². The fourth-order valence-corrected chi connectivity index (χ4v) is 4.06. The Bertz CT molecular complexity index is 910. The monoisotopic (exact) mass is 543 g/mol. The SMILES string of the molecule is CN=C(NCCc1ccc(S(C)(=O)=O)cc1)N1CCC(Oc2ccccc2)CC1.I. The second-order valence-electron chi connectivity index (χ2n) is 7.26. The summed E-state index contributed by atoms with van der Waals surface area (Å²) in [6, 6.07) is 17.0. The summed E-state index contributed by atoms with van der Waals surface area (Å²) in [6.45, 7) is 2.55. The van der Waals surface area contributed by atoms with E-state index < -0.39 is 9.84 Å². The number of rotatable bonds is 6. The van der Waals surface area contributed by atoms with E-state index in [1.807, 2.05) is 42.5 Å². The summed E-state index contributed by atoms with van der Waals surface area (Å²) in [5.74, 6) is 1.83. The molecule has 0 atom stereocenters. The molecule has 0 unspecified atom stereocenters. The first kappa shape index (κ1) is 24.5. The lowest BCUT2D eigenvalue weighted by atomic mass is 10.1. The molecule has 0 amide bonds. The Labute approximate surface area is 196 Å². The number of nitrogens with one attached hydrogen (secondary N) is 1. The number of ether oxygens (including phenoxy) is 1. The number of hydrogen-bond acceptors (Lipinski definition) is 4. The highest BCUT2D eigenvalue weighted by Crippen LogP contribution is 2.18. The van der Waals surface area contributed by atoms with Crippen molar-refractivity contribution in [2.75, 3.05) is 32.9 Å². The van der Waals surface area contributed by atoms with E-state index in [-0.39, 0.29) is 30.1 Å². The van der Waals surface area contributed by atoms with Crippen LogP contribution in [0.15, 0.2) is 64.5 Å². The highest BCUT2D eigenvalue weighted by Gasteiger charge is 2.22. The molecule has 0 aliphatic carbocycles. The van der Waals surface area contributed by atoms with Gasteiger partial charge >= 0.3 is 0 Å². The number of halogens is 1. The summed E-state index contributed by atoms with van der Waals surface area (Å²) in [6.07, 6.45) is 4.18. The van der Waals surface area contributed by atoms with Crippen molar-refractivity contribution in [1.82, 2.24) is 10.2 Å². The number of sulfone groups is 1. The fourth-order valence-electron chi connectivity index (χ4n) is 3.43. The molecule has 1 aliphatic rings. The van der Waals surface area contributed by atoms with Crippen molar-refractivity contribution in [1.29, 1.82) is 0 Å². The lowest BCUT2D eigenvalue weighted by Gasteiger charge is -2.34. The average Bonchev–Trinajstić information content (AvgIpc) is 2.72. The van der Waals surface area contributed by atoms with E-state index in [0.717, 1.165) is 56.2 Å². The fraction of sp³-hybridized carbons (Fsp3) is 0.409. The van der Waals surface area contributed by atoms with Crippen LogP contribution in [-0.2, 0) is 16.3 Å². The first-order chi connectivity index (χ1) is 14.0. The van der Waals surface area contributed by atoms with Crippen molar-refractivity contribution in [2.45, 2.75) is 30.3 Å². The quantitative estimate of drug-likeness (QED) is 0.344. The van der Waals surface area contributed by atoms with Crippen molar-refractivity contribution in [3.8, 4) is 5.75 Å². The van der Waals surface area contributed by atoms with Gasteiger partial charge in [-0.1, -0.05) is 30.3 Å². The first-order valence-electron chi connectivity index (χ1n) is 9.92. The molecule has 1 heterocycles. The molecule has 30 heavy (non-hydrogen) atoms. The van der Waals surface area contributed by atoms with Crippen molar-refractivity contribution in [3.05, 3.63) is 60.2 Å². The van der Waals surface area contributed by atoms with Gasteiger partial charge in [-0.25, -0.2) is 8.42 Å². The summed E-state index contributed by atoms with van der Waals surface area (Å²) in [7, 11) is -1.35. The molecule has 164 valence electrons. The zero-order valence-corrected chi connectivity index (χ0v) is 20.6. The van der Waals surface area contributed by atoms with Crippen molar-refractivity contribution < 1.29 is 13.2 Å². The van der Waals surface area contributed by atoms with Crippen LogP contribution in [0.1, 0.15) is 18.4 Å². The minimum absolute atomic E-state index is 0. The van der Waals surface area contributed by atoms with Crippen LogP contribution in [0.5, 0.6) is 5.75 Å². The Hall–Kier alpha value is -1.81. The van der Waals surface area contributed by atoms with Crippen LogP contribution in [0, 0.1) is 0 Å². The van der Waals surface area contributed by atoms with Crippen molar-refractivity contribution in [2.24, 2.45) is 4.99 Å². The Morgan fingerprint density at radius 2 is 1.73 bits per heavy atom. The number of guanidine groups is 1. The molecule has 0 bridgehead atoms. The number of hydrogen-bond donors (Lipinski definition) is 1. The average molecular weight is 543 g/mol. The van der Waals surface area contributed by atoms with Crippen LogP contribution in [0.25, 0.3) is 0 Å². The van der Waals surface area contributed by atoms with Crippen LogP contribution in [0.4, 0.5) is 0 Å². The van der Waals surface area contributed by atoms with Gasteiger partial charge in [0.05, 0.1) is 4.90 Å². The Balaban J connectivity index is 0.00000320. The first-order valence-corrected chi connectivity index (χ1v) is 11.8. The third kappa shape index (κ3) is 7.16. The van der Waals surface area contributed by atoms with E-state index in [1.54, 1.807) is 19.2 Å². The minimum atomic E-state index is -3.15. The van der Waals surface area contributed by atoms with Gasteiger partial charge in [0.25, 0.3) is 0 Å². The third-order valence-corrected chi connectivity index (χ3v) is 6.18. The molecule has 1 fully saturated rings. The molecule has 0 radical (unpaired) electrons. The zero-order chi connectivity index (χ0) is 20.7. The molecular weight excluding hydrogens is 513 g/mol. The number of piperidine rings is 1. The standard InChI is InChI=1S/C22H29N3O3S.HI/c1-23-22(24-15-12-18-8-10-21(11-9-18)29(2,26)27)25-16-13-20(14-17-25)28-19-6-4-3-5-7-19;/h3-11,20H,12-17H2,1-2H3,(H,23,24);1H. The molecule has 1 N–H and O–H groups in total. The van der Waals surface area contributed by atoms with Gasteiger partial charge in [0.1, 0.15) is 11.9 Å². The van der Waals surface area contributed by atoms with E-state index >= 15 is 0 Å². The number of benzene rings is 2. The van der Waals surface area contributed by atoms with Gasteiger partial charge in [0.15, 0.2) is 15.8 Å². The molecular formula is C22H30IN3O3S. The Morgan fingerprint density at radius 1 is 1.10 bits per heavy atom. The molecule has 8 heteroatoms. The van der Waals surface area contributed by atoms with E-state index in [4.69, 9.17) is 4.74 Å². The predicted molar refractivity (Wildman–Crippen MR) is 132 cm³/mol. The molecule has 0 aromatic heterocycles.